The normalized spacial score (nSPS) is 32.1. The Morgan fingerprint density at radius 2 is 1.62 bits per heavy atom. The Balaban J connectivity index is 1.07. The van der Waals surface area contributed by atoms with Gasteiger partial charge in [0.15, 0.2) is 35.4 Å². The molecular weight excluding hydrogens is 600 g/mol. The van der Waals surface area contributed by atoms with Crippen LogP contribution in [-0.2, 0) is 18.9 Å². The molecule has 6 rings (SSSR count). The lowest BCUT2D eigenvalue weighted by molar-refractivity contribution is -0.321. The predicted octanol–water partition coefficient (Wildman–Crippen LogP) is -0.460. The summed E-state index contributed by atoms with van der Waals surface area (Å²) < 4.78 is 44.3. The van der Waals surface area contributed by atoms with Gasteiger partial charge in [-0.2, -0.15) is 0 Å². The summed E-state index contributed by atoms with van der Waals surface area (Å²) in [4.78, 5) is 0. The first-order chi connectivity index (χ1) is 21.6. The molecule has 7 N–H and O–H groups in total. The number of ether oxygens (including phenoxy) is 7. The molecule has 3 aliphatic heterocycles. The van der Waals surface area contributed by atoms with Gasteiger partial charge in [0.2, 0.25) is 6.79 Å². The van der Waals surface area contributed by atoms with Gasteiger partial charge in [0.05, 0.1) is 33.0 Å². The molecular formula is C30H36O15. The van der Waals surface area contributed by atoms with Crippen LogP contribution >= 0.6 is 0 Å². The average Bonchev–Trinajstić information content (AvgIpc) is 3.70. The van der Waals surface area contributed by atoms with Crippen molar-refractivity contribution in [3.05, 3.63) is 42.0 Å². The van der Waals surface area contributed by atoms with E-state index in [1.54, 1.807) is 18.2 Å². The van der Waals surface area contributed by atoms with Gasteiger partial charge in [-0.05, 0) is 42.0 Å². The fourth-order valence-electron chi connectivity index (χ4n) is 5.45. The minimum absolute atomic E-state index is 0.0657. The van der Waals surface area contributed by atoms with Gasteiger partial charge in [0.1, 0.15) is 48.5 Å². The zero-order valence-electron chi connectivity index (χ0n) is 24.2. The summed E-state index contributed by atoms with van der Waals surface area (Å²) in [6, 6.07) is 10.7. The van der Waals surface area contributed by atoms with E-state index in [4.69, 9.17) is 37.6 Å². The molecule has 2 saturated heterocycles. The van der Waals surface area contributed by atoms with Crippen molar-refractivity contribution in [2.75, 3.05) is 33.7 Å². The molecule has 1 aromatic heterocycles. The smallest absolute Gasteiger partial charge is 0.231 e. The van der Waals surface area contributed by atoms with Gasteiger partial charge < -0.3 is 73.3 Å². The van der Waals surface area contributed by atoms with Gasteiger partial charge in [-0.25, -0.2) is 0 Å². The molecule has 0 saturated carbocycles. The molecule has 10 atom stereocenters. The summed E-state index contributed by atoms with van der Waals surface area (Å²) in [5.41, 5.74) is 1.79. The van der Waals surface area contributed by atoms with E-state index in [0.717, 1.165) is 5.56 Å². The Bertz CT molecular complexity index is 1460. The minimum Gasteiger partial charge on any atom is -0.493 e. The van der Waals surface area contributed by atoms with Gasteiger partial charge in [0, 0.05) is 17.4 Å². The molecule has 45 heavy (non-hydrogen) atoms. The highest BCUT2D eigenvalue weighted by Gasteiger charge is 2.46. The van der Waals surface area contributed by atoms with Crippen molar-refractivity contribution in [3.63, 3.8) is 0 Å². The van der Waals surface area contributed by atoms with Crippen LogP contribution in [0, 0.1) is 0 Å². The maximum absolute atomic E-state index is 11.0. The molecule has 2 aromatic carbocycles. The van der Waals surface area contributed by atoms with Crippen LogP contribution in [0.15, 0.2) is 40.8 Å². The fourth-order valence-corrected chi connectivity index (χ4v) is 5.45. The highest BCUT2D eigenvalue weighted by molar-refractivity contribution is 5.88. The van der Waals surface area contributed by atoms with E-state index in [0.29, 0.717) is 39.5 Å². The van der Waals surface area contributed by atoms with Crippen molar-refractivity contribution in [3.8, 4) is 28.6 Å². The van der Waals surface area contributed by atoms with E-state index in [2.05, 4.69) is 0 Å². The van der Waals surface area contributed by atoms with Crippen LogP contribution in [0.5, 0.6) is 17.2 Å². The molecule has 15 nitrogen and oxygen atoms in total. The van der Waals surface area contributed by atoms with E-state index in [9.17, 15) is 35.7 Å². The first kappa shape index (κ1) is 31.9. The van der Waals surface area contributed by atoms with Crippen molar-refractivity contribution in [2.24, 2.45) is 0 Å². The van der Waals surface area contributed by atoms with Crippen LogP contribution < -0.4 is 14.2 Å². The van der Waals surface area contributed by atoms with E-state index < -0.39 is 68.0 Å². The van der Waals surface area contributed by atoms with Crippen LogP contribution in [0.4, 0.5) is 0 Å². The number of benzene rings is 2. The molecule has 2 fully saturated rings. The molecule has 4 heterocycles. The van der Waals surface area contributed by atoms with Gasteiger partial charge in [-0.1, -0.05) is 0 Å². The minimum atomic E-state index is -1.65. The molecule has 15 heteroatoms. The lowest BCUT2D eigenvalue weighted by Gasteiger charge is -2.41. The number of rotatable bonds is 10. The van der Waals surface area contributed by atoms with Gasteiger partial charge in [0.25, 0.3) is 0 Å². The molecule has 0 spiro atoms. The SMILES string of the molecule is COc1cc(C(O)CCOC2OC(COC3OCC(O)C(O)C3O)C(O)C(O)C2O)cc2cc(-c3ccc4c(c3)OCO4)oc12. The Labute approximate surface area is 256 Å². The lowest BCUT2D eigenvalue weighted by atomic mass is 9.99. The molecule has 0 aliphatic carbocycles. The van der Waals surface area contributed by atoms with E-state index in [-0.39, 0.29) is 26.4 Å². The summed E-state index contributed by atoms with van der Waals surface area (Å²) in [5, 5.41) is 72.4. The number of methoxy groups -OCH3 is 1. The third-order valence-electron chi connectivity index (χ3n) is 8.09. The van der Waals surface area contributed by atoms with Crippen LogP contribution in [0.3, 0.4) is 0 Å². The van der Waals surface area contributed by atoms with E-state index in [1.165, 1.54) is 7.11 Å². The fraction of sp³-hybridized carbons (Fsp3) is 0.533. The summed E-state index contributed by atoms with van der Waals surface area (Å²) in [5.74, 6) is 2.24. The quantitative estimate of drug-likeness (QED) is 0.150. The Hall–Kier alpha value is -3.06. The summed E-state index contributed by atoms with van der Waals surface area (Å²) in [6.45, 7) is -0.647. The third kappa shape index (κ3) is 6.47. The highest BCUT2D eigenvalue weighted by atomic mass is 16.7. The van der Waals surface area contributed by atoms with Crippen molar-refractivity contribution in [1.29, 1.82) is 0 Å². The van der Waals surface area contributed by atoms with Crippen molar-refractivity contribution in [1.82, 2.24) is 0 Å². The number of furan rings is 1. The van der Waals surface area contributed by atoms with E-state index in [1.807, 2.05) is 18.2 Å². The molecule has 0 radical (unpaired) electrons. The van der Waals surface area contributed by atoms with Crippen LogP contribution in [0.1, 0.15) is 18.1 Å². The number of aliphatic hydroxyl groups excluding tert-OH is 7. The zero-order chi connectivity index (χ0) is 31.8. The molecule has 3 aromatic rings. The van der Waals surface area contributed by atoms with Crippen LogP contribution in [-0.4, -0.2) is 125 Å². The number of aliphatic hydroxyl groups is 7. The summed E-state index contributed by atoms with van der Waals surface area (Å²) in [7, 11) is 1.49. The highest BCUT2D eigenvalue weighted by Crippen LogP contribution is 2.40. The number of fused-ring (bicyclic) bond motifs is 2. The first-order valence-electron chi connectivity index (χ1n) is 14.4. The zero-order valence-corrected chi connectivity index (χ0v) is 24.2. The Morgan fingerprint density at radius 3 is 2.42 bits per heavy atom. The summed E-state index contributed by atoms with van der Waals surface area (Å²) in [6.07, 6.45) is -14.1. The van der Waals surface area contributed by atoms with Crippen LogP contribution in [0.25, 0.3) is 22.3 Å². The maximum atomic E-state index is 11.0. The molecule has 0 bridgehead atoms. The Kier molecular flexibility index (Phi) is 9.47. The second kappa shape index (κ2) is 13.4. The van der Waals surface area contributed by atoms with Crippen molar-refractivity contribution >= 4 is 11.0 Å². The lowest BCUT2D eigenvalue weighted by Crippen LogP contribution is -2.60. The topological polar surface area (TPSA) is 219 Å². The molecule has 10 unspecified atom stereocenters. The number of hydrogen-bond donors (Lipinski definition) is 7. The maximum Gasteiger partial charge on any atom is 0.231 e. The first-order valence-corrected chi connectivity index (χ1v) is 14.4. The van der Waals surface area contributed by atoms with Crippen molar-refractivity contribution < 1.29 is 73.3 Å². The van der Waals surface area contributed by atoms with Gasteiger partial charge >= 0.3 is 0 Å². The standard InChI is InChI=1S/C30H36O15/c1-38-21-8-14(6-15-9-19(44-28(15)21)13-2-3-18-20(7-13)43-12-42-18)16(31)4-5-39-30-27(37)25(35)24(34)22(45-30)11-41-29-26(36)23(33)17(32)10-40-29/h2-3,6-9,16-17,22-27,29-37H,4-5,10-12H2,1H3. The average molecular weight is 637 g/mol. The van der Waals surface area contributed by atoms with E-state index >= 15 is 0 Å². The van der Waals surface area contributed by atoms with Crippen molar-refractivity contribution in [2.45, 2.75) is 67.8 Å². The second-order valence-electron chi connectivity index (χ2n) is 11.1. The van der Waals surface area contributed by atoms with Crippen LogP contribution in [0.2, 0.25) is 0 Å². The number of hydrogen-bond acceptors (Lipinski definition) is 15. The largest absolute Gasteiger partial charge is 0.493 e. The van der Waals surface area contributed by atoms with Gasteiger partial charge in [-0.3, -0.25) is 0 Å². The Morgan fingerprint density at radius 1 is 0.844 bits per heavy atom. The third-order valence-corrected chi connectivity index (χ3v) is 8.09. The second-order valence-corrected chi connectivity index (χ2v) is 11.1. The predicted molar refractivity (Wildman–Crippen MR) is 150 cm³/mol. The summed E-state index contributed by atoms with van der Waals surface area (Å²) >= 11 is 0. The van der Waals surface area contributed by atoms with Gasteiger partial charge in [-0.15, -0.1) is 0 Å². The monoisotopic (exact) mass is 636 g/mol. The molecule has 246 valence electrons. The molecule has 3 aliphatic rings. The molecule has 0 amide bonds.